The standard InChI is InChI=1S/C10H16N2O4/c1-4-12-6-8(5-11-12)16-7-10(2,14)9(13)15-3/h5-6,14H,4,7H2,1-3H3. The number of aryl methyl sites for hydroxylation is 1. The number of hydrogen-bond donors (Lipinski definition) is 1. The molecule has 1 unspecified atom stereocenters. The van der Waals surface area contributed by atoms with E-state index in [2.05, 4.69) is 9.84 Å². The lowest BCUT2D eigenvalue weighted by Crippen LogP contribution is -2.42. The summed E-state index contributed by atoms with van der Waals surface area (Å²) in [5.41, 5.74) is -1.65. The highest BCUT2D eigenvalue weighted by molar-refractivity contribution is 5.78. The molecule has 1 heterocycles. The molecule has 0 saturated heterocycles. The molecule has 1 aromatic heterocycles. The van der Waals surface area contributed by atoms with E-state index in [0.717, 1.165) is 6.54 Å². The summed E-state index contributed by atoms with van der Waals surface area (Å²) >= 11 is 0. The van der Waals surface area contributed by atoms with Gasteiger partial charge in [-0.15, -0.1) is 0 Å². The molecule has 0 aliphatic rings. The molecule has 0 aromatic carbocycles. The molecule has 0 saturated carbocycles. The average molecular weight is 228 g/mol. The fourth-order valence-electron chi connectivity index (χ4n) is 1.09. The maximum atomic E-state index is 11.1. The fourth-order valence-corrected chi connectivity index (χ4v) is 1.09. The minimum atomic E-state index is -1.65. The lowest BCUT2D eigenvalue weighted by molar-refractivity contribution is -0.163. The molecule has 0 bridgehead atoms. The van der Waals surface area contributed by atoms with E-state index < -0.39 is 11.6 Å². The van der Waals surface area contributed by atoms with Crippen molar-refractivity contribution in [3.05, 3.63) is 12.4 Å². The zero-order valence-corrected chi connectivity index (χ0v) is 9.64. The fraction of sp³-hybridized carbons (Fsp3) is 0.600. The van der Waals surface area contributed by atoms with Crippen LogP contribution in [0.25, 0.3) is 0 Å². The summed E-state index contributed by atoms with van der Waals surface area (Å²) in [7, 11) is 1.21. The highest BCUT2D eigenvalue weighted by Gasteiger charge is 2.32. The minimum Gasteiger partial charge on any atom is -0.487 e. The second kappa shape index (κ2) is 4.98. The van der Waals surface area contributed by atoms with Crippen molar-refractivity contribution in [3.63, 3.8) is 0 Å². The van der Waals surface area contributed by atoms with Crippen LogP contribution in [-0.2, 0) is 16.1 Å². The number of aromatic nitrogens is 2. The quantitative estimate of drug-likeness (QED) is 0.729. The molecule has 0 radical (unpaired) electrons. The molecule has 0 spiro atoms. The number of methoxy groups -OCH3 is 1. The van der Waals surface area contributed by atoms with E-state index in [1.165, 1.54) is 20.2 Å². The van der Waals surface area contributed by atoms with Gasteiger partial charge in [0, 0.05) is 6.54 Å². The normalized spacial score (nSPS) is 14.2. The van der Waals surface area contributed by atoms with E-state index in [4.69, 9.17) is 4.74 Å². The molecule has 1 atom stereocenters. The van der Waals surface area contributed by atoms with Crippen LogP contribution in [0.4, 0.5) is 0 Å². The van der Waals surface area contributed by atoms with Gasteiger partial charge in [-0.2, -0.15) is 5.10 Å². The van der Waals surface area contributed by atoms with Gasteiger partial charge in [0.25, 0.3) is 0 Å². The van der Waals surface area contributed by atoms with Gasteiger partial charge in [-0.3, -0.25) is 4.68 Å². The molecule has 1 rings (SSSR count). The molecule has 0 fully saturated rings. The summed E-state index contributed by atoms with van der Waals surface area (Å²) in [6.07, 6.45) is 3.21. The highest BCUT2D eigenvalue weighted by Crippen LogP contribution is 2.12. The van der Waals surface area contributed by atoms with Crippen molar-refractivity contribution in [2.45, 2.75) is 26.0 Å². The second-order valence-electron chi connectivity index (χ2n) is 3.59. The van der Waals surface area contributed by atoms with Crippen molar-refractivity contribution < 1.29 is 19.4 Å². The number of hydrogen-bond acceptors (Lipinski definition) is 5. The molecule has 1 N–H and O–H groups in total. The van der Waals surface area contributed by atoms with E-state index in [1.54, 1.807) is 10.9 Å². The number of carbonyl (C=O) groups is 1. The summed E-state index contributed by atoms with van der Waals surface area (Å²) in [6.45, 7) is 3.84. The van der Waals surface area contributed by atoms with Crippen LogP contribution >= 0.6 is 0 Å². The smallest absolute Gasteiger partial charge is 0.341 e. The van der Waals surface area contributed by atoms with Crippen molar-refractivity contribution in [1.29, 1.82) is 0 Å². The molecular weight excluding hydrogens is 212 g/mol. The van der Waals surface area contributed by atoms with Crippen LogP contribution < -0.4 is 4.74 Å². The summed E-state index contributed by atoms with van der Waals surface area (Å²) in [4.78, 5) is 11.1. The SMILES string of the molecule is CCn1cc(OCC(C)(O)C(=O)OC)cn1. The molecule has 90 valence electrons. The largest absolute Gasteiger partial charge is 0.487 e. The first-order valence-corrected chi connectivity index (χ1v) is 4.95. The molecule has 0 aliphatic carbocycles. The van der Waals surface area contributed by atoms with Crippen LogP contribution in [0.3, 0.4) is 0 Å². The van der Waals surface area contributed by atoms with Crippen molar-refractivity contribution in [3.8, 4) is 5.75 Å². The third-order valence-electron chi connectivity index (χ3n) is 2.08. The van der Waals surface area contributed by atoms with Gasteiger partial charge in [-0.05, 0) is 13.8 Å². The van der Waals surface area contributed by atoms with Gasteiger partial charge in [0.1, 0.15) is 6.61 Å². The molecular formula is C10H16N2O4. The average Bonchev–Trinajstić information content (AvgIpc) is 2.73. The lowest BCUT2D eigenvalue weighted by Gasteiger charge is -2.19. The minimum absolute atomic E-state index is 0.172. The Balaban J connectivity index is 2.53. The van der Waals surface area contributed by atoms with Crippen LogP contribution in [0, 0.1) is 0 Å². The first-order chi connectivity index (χ1) is 7.49. The number of ether oxygens (including phenoxy) is 2. The Morgan fingerprint density at radius 1 is 1.69 bits per heavy atom. The monoisotopic (exact) mass is 228 g/mol. The van der Waals surface area contributed by atoms with Crippen LogP contribution in [0.2, 0.25) is 0 Å². The van der Waals surface area contributed by atoms with Gasteiger partial charge < -0.3 is 14.6 Å². The summed E-state index contributed by atoms with van der Waals surface area (Å²) < 4.78 is 11.4. The number of carbonyl (C=O) groups excluding carboxylic acids is 1. The lowest BCUT2D eigenvalue weighted by atomic mass is 10.1. The van der Waals surface area contributed by atoms with Gasteiger partial charge in [-0.25, -0.2) is 4.79 Å². The Morgan fingerprint density at radius 3 is 2.88 bits per heavy atom. The van der Waals surface area contributed by atoms with Crippen molar-refractivity contribution in [1.82, 2.24) is 9.78 Å². The van der Waals surface area contributed by atoms with E-state index in [9.17, 15) is 9.90 Å². The van der Waals surface area contributed by atoms with Gasteiger partial charge in [-0.1, -0.05) is 0 Å². The predicted octanol–water partition coefficient (Wildman–Crippen LogP) is 0.206. The zero-order chi connectivity index (χ0) is 12.2. The number of esters is 1. The number of nitrogens with zero attached hydrogens (tertiary/aromatic N) is 2. The molecule has 6 nitrogen and oxygen atoms in total. The van der Waals surface area contributed by atoms with Crippen LogP contribution in [0.1, 0.15) is 13.8 Å². The van der Waals surface area contributed by atoms with E-state index in [1.807, 2.05) is 6.92 Å². The Bertz CT molecular complexity index is 359. The van der Waals surface area contributed by atoms with E-state index >= 15 is 0 Å². The van der Waals surface area contributed by atoms with Crippen LogP contribution in [0.5, 0.6) is 5.75 Å². The summed E-state index contributed by atoms with van der Waals surface area (Å²) in [6, 6.07) is 0. The van der Waals surface area contributed by atoms with E-state index in [-0.39, 0.29) is 6.61 Å². The Morgan fingerprint density at radius 2 is 2.38 bits per heavy atom. The second-order valence-corrected chi connectivity index (χ2v) is 3.59. The molecule has 0 aliphatic heterocycles. The first kappa shape index (κ1) is 12.5. The third kappa shape index (κ3) is 2.96. The number of rotatable bonds is 5. The summed E-state index contributed by atoms with van der Waals surface area (Å²) in [5, 5.41) is 13.7. The Hall–Kier alpha value is -1.56. The topological polar surface area (TPSA) is 73.6 Å². The summed E-state index contributed by atoms with van der Waals surface area (Å²) in [5.74, 6) is -0.221. The molecule has 1 aromatic rings. The molecule has 0 amide bonds. The maximum absolute atomic E-state index is 11.1. The number of aliphatic hydroxyl groups is 1. The highest BCUT2D eigenvalue weighted by atomic mass is 16.6. The first-order valence-electron chi connectivity index (χ1n) is 4.95. The van der Waals surface area contributed by atoms with Gasteiger partial charge in [0.2, 0.25) is 0 Å². The van der Waals surface area contributed by atoms with Crippen molar-refractivity contribution in [2.75, 3.05) is 13.7 Å². The van der Waals surface area contributed by atoms with Gasteiger partial charge in [0.05, 0.1) is 19.5 Å². The zero-order valence-electron chi connectivity index (χ0n) is 9.64. The maximum Gasteiger partial charge on any atom is 0.341 e. The van der Waals surface area contributed by atoms with E-state index in [0.29, 0.717) is 5.75 Å². The third-order valence-corrected chi connectivity index (χ3v) is 2.08. The molecule has 6 heteroatoms. The molecule has 16 heavy (non-hydrogen) atoms. The Labute approximate surface area is 93.8 Å². The van der Waals surface area contributed by atoms with Crippen molar-refractivity contribution >= 4 is 5.97 Å². The van der Waals surface area contributed by atoms with Crippen LogP contribution in [0.15, 0.2) is 12.4 Å². The van der Waals surface area contributed by atoms with Gasteiger partial charge in [0.15, 0.2) is 11.4 Å². The predicted molar refractivity (Wildman–Crippen MR) is 56.0 cm³/mol. The van der Waals surface area contributed by atoms with Gasteiger partial charge >= 0.3 is 5.97 Å². The van der Waals surface area contributed by atoms with Crippen LogP contribution in [-0.4, -0.2) is 40.2 Å². The Kier molecular flexibility index (Phi) is 3.89. The van der Waals surface area contributed by atoms with Crippen molar-refractivity contribution in [2.24, 2.45) is 0 Å².